The average molecular weight is 172 g/mol. The van der Waals surface area contributed by atoms with Crippen LogP contribution >= 0.6 is 12.2 Å². The predicted octanol–water partition coefficient (Wildman–Crippen LogP) is 0.189. The highest BCUT2D eigenvalue weighted by molar-refractivity contribution is 7.80. The standard InChI is InChI=1S/C7H12N2OS/c8-6(11)4-9-7(10)5-2-1-3-5/h5H,1-4H2,(H2,8,11)(H,9,10). The third-order valence-electron chi connectivity index (χ3n) is 1.91. The maximum Gasteiger partial charge on any atom is 0.223 e. The van der Waals surface area contributed by atoms with Crippen LogP contribution in [-0.4, -0.2) is 17.4 Å². The van der Waals surface area contributed by atoms with Gasteiger partial charge in [-0.15, -0.1) is 0 Å². The van der Waals surface area contributed by atoms with Gasteiger partial charge in [0.2, 0.25) is 5.91 Å². The molecule has 0 bridgehead atoms. The summed E-state index contributed by atoms with van der Waals surface area (Å²) in [5, 5.41) is 2.68. The van der Waals surface area contributed by atoms with Crippen molar-refractivity contribution in [2.45, 2.75) is 19.3 Å². The van der Waals surface area contributed by atoms with Crippen LogP contribution in [0.25, 0.3) is 0 Å². The van der Waals surface area contributed by atoms with Crippen LogP contribution in [0.1, 0.15) is 19.3 Å². The van der Waals surface area contributed by atoms with Crippen molar-refractivity contribution < 1.29 is 4.79 Å². The number of amides is 1. The van der Waals surface area contributed by atoms with Crippen LogP contribution in [0.2, 0.25) is 0 Å². The molecule has 1 aliphatic rings. The summed E-state index contributed by atoms with van der Waals surface area (Å²) < 4.78 is 0. The molecule has 1 aliphatic carbocycles. The Hall–Kier alpha value is -0.640. The molecule has 11 heavy (non-hydrogen) atoms. The Kier molecular flexibility index (Phi) is 2.82. The molecule has 0 aromatic heterocycles. The molecule has 0 aliphatic heterocycles. The van der Waals surface area contributed by atoms with Gasteiger partial charge < -0.3 is 11.1 Å². The molecule has 0 aromatic rings. The van der Waals surface area contributed by atoms with Gasteiger partial charge in [-0.3, -0.25) is 4.79 Å². The van der Waals surface area contributed by atoms with E-state index in [-0.39, 0.29) is 11.8 Å². The number of thiocarbonyl (C=S) groups is 1. The van der Waals surface area contributed by atoms with Gasteiger partial charge in [-0.05, 0) is 12.8 Å². The molecule has 62 valence electrons. The van der Waals surface area contributed by atoms with Gasteiger partial charge in [-0.1, -0.05) is 18.6 Å². The Morgan fingerprint density at radius 2 is 2.27 bits per heavy atom. The minimum atomic E-state index is 0.101. The maximum absolute atomic E-state index is 11.1. The van der Waals surface area contributed by atoms with E-state index in [0.717, 1.165) is 12.8 Å². The van der Waals surface area contributed by atoms with Crippen molar-refractivity contribution in [1.29, 1.82) is 0 Å². The summed E-state index contributed by atoms with van der Waals surface area (Å²) in [6.45, 7) is 0.338. The minimum Gasteiger partial charge on any atom is -0.392 e. The molecule has 3 N–H and O–H groups in total. The Bertz CT molecular complexity index is 177. The summed E-state index contributed by atoms with van der Waals surface area (Å²) in [6.07, 6.45) is 3.21. The smallest absolute Gasteiger partial charge is 0.223 e. The SMILES string of the molecule is NC(=S)CNC(=O)C1CCC1. The molecule has 0 radical (unpaired) electrons. The highest BCUT2D eigenvalue weighted by atomic mass is 32.1. The number of nitrogens with two attached hydrogens (primary N) is 1. The fourth-order valence-electron chi connectivity index (χ4n) is 0.989. The van der Waals surface area contributed by atoms with Gasteiger partial charge in [0.05, 0.1) is 11.5 Å². The van der Waals surface area contributed by atoms with Gasteiger partial charge in [0.15, 0.2) is 0 Å². The summed E-state index contributed by atoms with van der Waals surface area (Å²) in [4.78, 5) is 11.4. The molecule has 0 saturated heterocycles. The second-order valence-electron chi connectivity index (χ2n) is 2.81. The van der Waals surface area contributed by atoms with Crippen molar-refractivity contribution in [2.75, 3.05) is 6.54 Å². The van der Waals surface area contributed by atoms with Crippen molar-refractivity contribution in [2.24, 2.45) is 11.7 Å². The first-order valence-electron chi connectivity index (χ1n) is 3.76. The second-order valence-corrected chi connectivity index (χ2v) is 3.34. The number of hydrogen-bond donors (Lipinski definition) is 2. The van der Waals surface area contributed by atoms with Crippen LogP contribution in [-0.2, 0) is 4.79 Å². The largest absolute Gasteiger partial charge is 0.392 e. The lowest BCUT2D eigenvalue weighted by Gasteiger charge is -2.23. The van der Waals surface area contributed by atoms with E-state index < -0.39 is 0 Å². The quantitative estimate of drug-likeness (QED) is 0.597. The molecule has 1 saturated carbocycles. The predicted molar refractivity (Wildman–Crippen MR) is 47.1 cm³/mol. The minimum absolute atomic E-state index is 0.101. The molecular formula is C7H12N2OS. The first-order valence-corrected chi connectivity index (χ1v) is 4.17. The third-order valence-corrected chi connectivity index (χ3v) is 2.06. The molecule has 1 amide bonds. The van der Waals surface area contributed by atoms with Gasteiger partial charge in [-0.25, -0.2) is 0 Å². The Labute approximate surface area is 71.3 Å². The van der Waals surface area contributed by atoms with Crippen LogP contribution in [0.3, 0.4) is 0 Å². The number of hydrogen-bond acceptors (Lipinski definition) is 2. The average Bonchev–Trinajstić information content (AvgIpc) is 1.79. The van der Waals surface area contributed by atoms with Crippen LogP contribution in [0.15, 0.2) is 0 Å². The topological polar surface area (TPSA) is 55.1 Å². The number of carbonyl (C=O) groups is 1. The van der Waals surface area contributed by atoms with E-state index in [1.807, 2.05) is 0 Å². The Balaban J connectivity index is 2.15. The molecular weight excluding hydrogens is 160 g/mol. The van der Waals surface area contributed by atoms with E-state index in [1.54, 1.807) is 0 Å². The first-order chi connectivity index (χ1) is 5.20. The fraction of sp³-hybridized carbons (Fsp3) is 0.714. The molecule has 4 heteroatoms. The second kappa shape index (κ2) is 3.67. The zero-order valence-electron chi connectivity index (χ0n) is 6.30. The summed E-state index contributed by atoms with van der Waals surface area (Å²) >= 11 is 4.62. The van der Waals surface area contributed by atoms with Crippen LogP contribution in [0, 0.1) is 5.92 Å². The lowest BCUT2D eigenvalue weighted by Crippen LogP contribution is -2.38. The monoisotopic (exact) mass is 172 g/mol. The molecule has 0 aromatic carbocycles. The summed E-state index contributed by atoms with van der Waals surface area (Å²) in [5.41, 5.74) is 5.22. The van der Waals surface area contributed by atoms with E-state index in [9.17, 15) is 4.79 Å². The van der Waals surface area contributed by atoms with Gasteiger partial charge >= 0.3 is 0 Å². The van der Waals surface area contributed by atoms with Gasteiger partial charge in [0.1, 0.15) is 0 Å². The van der Waals surface area contributed by atoms with E-state index in [4.69, 9.17) is 5.73 Å². The molecule has 1 rings (SSSR count). The molecule has 0 spiro atoms. The maximum atomic E-state index is 11.1. The van der Waals surface area contributed by atoms with Gasteiger partial charge in [0.25, 0.3) is 0 Å². The lowest BCUT2D eigenvalue weighted by atomic mass is 9.85. The van der Waals surface area contributed by atoms with E-state index in [2.05, 4.69) is 17.5 Å². The van der Waals surface area contributed by atoms with Crippen LogP contribution in [0.4, 0.5) is 0 Å². The highest BCUT2D eigenvalue weighted by Crippen LogP contribution is 2.25. The van der Waals surface area contributed by atoms with E-state index >= 15 is 0 Å². The zero-order valence-corrected chi connectivity index (χ0v) is 7.12. The lowest BCUT2D eigenvalue weighted by molar-refractivity contribution is -0.127. The Morgan fingerprint density at radius 3 is 2.64 bits per heavy atom. The van der Waals surface area contributed by atoms with Crippen LogP contribution < -0.4 is 11.1 Å². The molecule has 3 nitrogen and oxygen atoms in total. The van der Waals surface area contributed by atoms with Crippen molar-refractivity contribution >= 4 is 23.1 Å². The molecule has 0 atom stereocenters. The first kappa shape index (κ1) is 8.46. The van der Waals surface area contributed by atoms with Crippen molar-refractivity contribution in [3.05, 3.63) is 0 Å². The summed E-state index contributed by atoms with van der Waals surface area (Å²) in [7, 11) is 0. The highest BCUT2D eigenvalue weighted by Gasteiger charge is 2.24. The van der Waals surface area contributed by atoms with Crippen molar-refractivity contribution in [1.82, 2.24) is 5.32 Å². The zero-order chi connectivity index (χ0) is 8.27. The fourth-order valence-corrected chi connectivity index (χ4v) is 1.06. The number of rotatable bonds is 3. The number of carbonyl (C=O) groups excluding carboxylic acids is 1. The Morgan fingerprint density at radius 1 is 1.64 bits per heavy atom. The number of nitrogens with one attached hydrogen (secondary N) is 1. The summed E-state index contributed by atoms with van der Waals surface area (Å²) in [5.74, 6) is 0.327. The molecule has 0 unspecified atom stereocenters. The van der Waals surface area contributed by atoms with E-state index in [1.165, 1.54) is 6.42 Å². The molecule has 1 fully saturated rings. The normalized spacial score (nSPS) is 17.1. The van der Waals surface area contributed by atoms with Gasteiger partial charge in [0, 0.05) is 5.92 Å². The molecule has 0 heterocycles. The van der Waals surface area contributed by atoms with E-state index in [0.29, 0.717) is 11.5 Å². The summed E-state index contributed by atoms with van der Waals surface area (Å²) in [6, 6.07) is 0. The third kappa shape index (κ3) is 2.46. The van der Waals surface area contributed by atoms with Gasteiger partial charge in [-0.2, -0.15) is 0 Å². The van der Waals surface area contributed by atoms with Crippen LogP contribution in [0.5, 0.6) is 0 Å². The van der Waals surface area contributed by atoms with Crippen molar-refractivity contribution in [3.63, 3.8) is 0 Å². The van der Waals surface area contributed by atoms with Crippen molar-refractivity contribution in [3.8, 4) is 0 Å².